The van der Waals surface area contributed by atoms with Crippen LogP contribution in [0.1, 0.15) is 17.1 Å². The Morgan fingerprint density at radius 3 is 2.90 bits per heavy atom. The first-order chi connectivity index (χ1) is 14.9. The highest BCUT2D eigenvalue weighted by molar-refractivity contribution is 7.16. The number of nitrogens with zero attached hydrogens (tertiary/aromatic N) is 4. The lowest BCUT2D eigenvalue weighted by Crippen LogP contribution is -2.54. The highest BCUT2D eigenvalue weighted by Gasteiger charge is 2.38. The van der Waals surface area contributed by atoms with Crippen molar-refractivity contribution in [3.63, 3.8) is 0 Å². The van der Waals surface area contributed by atoms with Crippen LogP contribution < -0.4 is 15.9 Å². The van der Waals surface area contributed by atoms with Gasteiger partial charge in [0.25, 0.3) is 0 Å². The van der Waals surface area contributed by atoms with Gasteiger partial charge < -0.3 is 15.0 Å². The third kappa shape index (κ3) is 4.53. The van der Waals surface area contributed by atoms with E-state index in [2.05, 4.69) is 20.2 Å². The quantitative estimate of drug-likeness (QED) is 0.669. The molecule has 4 rings (SSSR count). The second kappa shape index (κ2) is 9.09. The van der Waals surface area contributed by atoms with E-state index >= 15 is 0 Å². The molecule has 2 aliphatic rings. The van der Waals surface area contributed by atoms with Crippen LogP contribution in [0.3, 0.4) is 0 Å². The number of pyridine rings is 1. The first-order valence-electron chi connectivity index (χ1n) is 9.96. The van der Waals surface area contributed by atoms with Gasteiger partial charge in [-0.3, -0.25) is 9.88 Å². The van der Waals surface area contributed by atoms with Gasteiger partial charge in [-0.15, -0.1) is 0 Å². The number of piperazine rings is 1. The van der Waals surface area contributed by atoms with Crippen LogP contribution in [0, 0.1) is 0 Å². The van der Waals surface area contributed by atoms with E-state index < -0.39 is 17.9 Å². The minimum Gasteiger partial charge on any atom is -0.385 e. The van der Waals surface area contributed by atoms with Crippen molar-refractivity contribution in [2.45, 2.75) is 18.6 Å². The molecule has 0 aliphatic carbocycles. The fourth-order valence-corrected chi connectivity index (χ4v) is 4.82. The Morgan fingerprint density at radius 2 is 2.16 bits per heavy atom. The molecule has 4 heterocycles. The van der Waals surface area contributed by atoms with Crippen LogP contribution in [0.4, 0.5) is 22.6 Å². The van der Waals surface area contributed by atoms with Gasteiger partial charge in [0.15, 0.2) is 0 Å². The number of alkyl halides is 4. The third-order valence-corrected chi connectivity index (χ3v) is 6.50. The van der Waals surface area contributed by atoms with Gasteiger partial charge in [0, 0.05) is 63.6 Å². The Bertz CT molecular complexity index is 1040. The molecular formula is C20H23F4N5OS. The second-order valence-electron chi connectivity index (χ2n) is 7.38. The van der Waals surface area contributed by atoms with Gasteiger partial charge in [-0.2, -0.15) is 13.2 Å². The lowest BCUT2D eigenvalue weighted by atomic mass is 10.1. The highest BCUT2D eigenvalue weighted by atomic mass is 32.1. The maximum atomic E-state index is 13.4. The Balaban J connectivity index is 1.80. The molecule has 6 nitrogen and oxygen atoms in total. The van der Waals surface area contributed by atoms with E-state index in [-0.39, 0.29) is 11.7 Å². The van der Waals surface area contributed by atoms with Gasteiger partial charge in [-0.1, -0.05) is 11.3 Å². The molecule has 1 saturated heterocycles. The summed E-state index contributed by atoms with van der Waals surface area (Å²) >= 11 is 0.584. The zero-order valence-corrected chi connectivity index (χ0v) is 17.8. The summed E-state index contributed by atoms with van der Waals surface area (Å²) in [5, 5.41) is 3.77. The van der Waals surface area contributed by atoms with Gasteiger partial charge in [0.1, 0.15) is 17.4 Å². The number of thiazole rings is 1. The number of aromatic nitrogens is 2. The van der Waals surface area contributed by atoms with E-state index in [1.165, 1.54) is 0 Å². The van der Waals surface area contributed by atoms with E-state index in [1.54, 1.807) is 25.6 Å². The Hall–Kier alpha value is -2.24. The van der Waals surface area contributed by atoms with Crippen molar-refractivity contribution < 1.29 is 22.3 Å². The van der Waals surface area contributed by atoms with Gasteiger partial charge in [0.05, 0.1) is 11.0 Å². The van der Waals surface area contributed by atoms with E-state index in [0.717, 1.165) is 5.22 Å². The SMILES string of the molecule is COCCC1CN(C2=c3ncccc3=CNc3sc(C(F)(F)F)nc32)CCN1CCF. The number of nitrogens with one attached hydrogen (secondary N) is 1. The van der Waals surface area contributed by atoms with E-state index in [0.29, 0.717) is 66.6 Å². The summed E-state index contributed by atoms with van der Waals surface area (Å²) in [5.74, 6) is 0. The molecule has 168 valence electrons. The zero-order chi connectivity index (χ0) is 22.0. The number of halogens is 4. The molecule has 1 N–H and O–H groups in total. The predicted octanol–water partition coefficient (Wildman–Crippen LogP) is 1.87. The number of hydrogen-bond donors (Lipinski definition) is 1. The smallest absolute Gasteiger partial charge is 0.385 e. The number of ether oxygens (including phenoxy) is 1. The van der Waals surface area contributed by atoms with Crippen LogP contribution in [0.5, 0.6) is 0 Å². The molecule has 31 heavy (non-hydrogen) atoms. The molecule has 2 aliphatic heterocycles. The van der Waals surface area contributed by atoms with Crippen LogP contribution in [-0.4, -0.2) is 72.4 Å². The van der Waals surface area contributed by atoms with Crippen molar-refractivity contribution >= 4 is 28.2 Å². The molecule has 11 heteroatoms. The van der Waals surface area contributed by atoms with Crippen molar-refractivity contribution in [3.05, 3.63) is 39.6 Å². The summed E-state index contributed by atoms with van der Waals surface area (Å²) in [6.45, 7) is 2.03. The fraction of sp³-hybridized carbons (Fsp3) is 0.500. The molecule has 0 saturated carbocycles. The molecule has 0 amide bonds. The molecule has 2 aromatic rings. The molecule has 1 atom stereocenters. The average molecular weight is 457 g/mol. The first-order valence-corrected chi connectivity index (χ1v) is 10.8. The molecule has 1 unspecified atom stereocenters. The zero-order valence-electron chi connectivity index (χ0n) is 17.0. The molecule has 0 radical (unpaired) electrons. The fourth-order valence-electron chi connectivity index (χ4n) is 4.01. The summed E-state index contributed by atoms with van der Waals surface area (Å²) in [4.78, 5) is 12.6. The van der Waals surface area contributed by atoms with Crippen LogP contribution in [0.25, 0.3) is 11.9 Å². The van der Waals surface area contributed by atoms with Crippen molar-refractivity contribution in [2.75, 3.05) is 51.9 Å². The Kier molecular flexibility index (Phi) is 6.44. The monoisotopic (exact) mass is 457 g/mol. The van der Waals surface area contributed by atoms with Gasteiger partial charge in [-0.05, 0) is 18.6 Å². The van der Waals surface area contributed by atoms with Gasteiger partial charge in [0.2, 0.25) is 5.01 Å². The normalized spacial score (nSPS) is 19.3. The van der Waals surface area contributed by atoms with E-state index in [1.807, 2.05) is 11.0 Å². The summed E-state index contributed by atoms with van der Waals surface area (Å²) < 4.78 is 58.5. The molecule has 1 fully saturated rings. The van der Waals surface area contributed by atoms with Gasteiger partial charge >= 0.3 is 6.18 Å². The molecule has 0 aromatic carbocycles. The number of rotatable bonds is 6. The van der Waals surface area contributed by atoms with Crippen LogP contribution in [0.15, 0.2) is 18.3 Å². The molecule has 0 spiro atoms. The number of anilines is 1. The maximum absolute atomic E-state index is 13.4. The van der Waals surface area contributed by atoms with E-state index in [9.17, 15) is 17.6 Å². The topological polar surface area (TPSA) is 53.5 Å². The van der Waals surface area contributed by atoms with Crippen molar-refractivity contribution in [1.29, 1.82) is 0 Å². The largest absolute Gasteiger partial charge is 0.443 e. The highest BCUT2D eigenvalue weighted by Crippen LogP contribution is 2.39. The van der Waals surface area contributed by atoms with Crippen LogP contribution >= 0.6 is 11.3 Å². The molecule has 0 bridgehead atoms. The predicted molar refractivity (Wildman–Crippen MR) is 111 cm³/mol. The van der Waals surface area contributed by atoms with Crippen molar-refractivity contribution in [2.24, 2.45) is 0 Å². The maximum Gasteiger partial charge on any atom is 0.443 e. The number of hydrogen-bond acceptors (Lipinski definition) is 7. The van der Waals surface area contributed by atoms with Crippen LogP contribution in [-0.2, 0) is 10.9 Å². The lowest BCUT2D eigenvalue weighted by Gasteiger charge is -2.42. The lowest BCUT2D eigenvalue weighted by molar-refractivity contribution is -0.137. The summed E-state index contributed by atoms with van der Waals surface area (Å²) in [6, 6.07) is 3.65. The average Bonchev–Trinajstić information content (AvgIpc) is 3.11. The Labute approximate surface area is 180 Å². The molecule has 2 aromatic heterocycles. The standard InChI is InChI=1S/C20H23F4N5OS/c1-30-10-4-14-12-29(9-8-28(14)7-5-21)17-15-13(3-2-6-25-15)11-26-18-16(17)27-19(31-18)20(22,23)24/h2-3,6,11,14,26H,4-5,7-10,12H2,1H3. The minimum atomic E-state index is -4.53. The van der Waals surface area contributed by atoms with E-state index in [4.69, 9.17) is 4.74 Å². The van der Waals surface area contributed by atoms with Crippen LogP contribution in [0.2, 0.25) is 0 Å². The Morgan fingerprint density at radius 1 is 1.32 bits per heavy atom. The summed E-state index contributed by atoms with van der Waals surface area (Å²) in [7, 11) is 1.61. The minimum absolute atomic E-state index is 0.00785. The third-order valence-electron chi connectivity index (χ3n) is 5.46. The number of fused-ring (bicyclic) bond motifs is 2. The second-order valence-corrected chi connectivity index (χ2v) is 8.38. The number of methoxy groups -OCH3 is 1. The van der Waals surface area contributed by atoms with Crippen molar-refractivity contribution in [3.8, 4) is 0 Å². The molecular weight excluding hydrogens is 434 g/mol. The van der Waals surface area contributed by atoms with Gasteiger partial charge in [-0.25, -0.2) is 9.37 Å². The summed E-state index contributed by atoms with van der Waals surface area (Å²) in [6.07, 6.45) is -0.556. The first kappa shape index (κ1) is 22.0. The summed E-state index contributed by atoms with van der Waals surface area (Å²) in [5.41, 5.74) is 0.816. The van der Waals surface area contributed by atoms with Crippen molar-refractivity contribution in [1.82, 2.24) is 19.8 Å².